The largest absolute Gasteiger partial charge is 0.344 e. The van der Waals surface area contributed by atoms with E-state index in [1.165, 1.54) is 16.2 Å². The fraction of sp³-hybridized carbons (Fsp3) is 0.294. The van der Waals surface area contributed by atoms with E-state index in [-0.39, 0.29) is 11.2 Å². The Morgan fingerprint density at radius 2 is 1.87 bits per heavy atom. The maximum Gasteiger partial charge on any atom is 0.330 e. The number of aromatic nitrogens is 3. The van der Waals surface area contributed by atoms with Gasteiger partial charge in [-0.2, -0.15) is 0 Å². The SMILES string of the molecule is Cc1cccc(-c2c3c(=O)n(C)c(=O)n(C)c3cn2CCBr)c1. The van der Waals surface area contributed by atoms with E-state index < -0.39 is 0 Å². The van der Waals surface area contributed by atoms with Crippen molar-refractivity contribution in [1.29, 1.82) is 0 Å². The Bertz CT molecular complexity index is 1010. The summed E-state index contributed by atoms with van der Waals surface area (Å²) in [4.78, 5) is 24.9. The summed E-state index contributed by atoms with van der Waals surface area (Å²) in [6.45, 7) is 2.74. The van der Waals surface area contributed by atoms with Crippen molar-refractivity contribution in [3.63, 3.8) is 0 Å². The van der Waals surface area contributed by atoms with Crippen LogP contribution >= 0.6 is 15.9 Å². The average Bonchev–Trinajstić information content (AvgIpc) is 2.91. The van der Waals surface area contributed by atoms with Gasteiger partial charge in [-0.05, 0) is 18.6 Å². The summed E-state index contributed by atoms with van der Waals surface area (Å²) in [6.07, 6.45) is 1.89. The number of hydrogen-bond acceptors (Lipinski definition) is 2. The lowest BCUT2D eigenvalue weighted by molar-refractivity contribution is 0.714. The zero-order valence-corrected chi connectivity index (χ0v) is 14.9. The molecule has 6 heteroatoms. The number of alkyl halides is 1. The van der Waals surface area contributed by atoms with Crippen molar-refractivity contribution in [3.05, 3.63) is 56.9 Å². The monoisotopic (exact) mass is 375 g/mol. The number of halogens is 1. The van der Waals surface area contributed by atoms with E-state index in [0.29, 0.717) is 10.9 Å². The minimum atomic E-state index is -0.311. The zero-order chi connectivity index (χ0) is 16.7. The highest BCUT2D eigenvalue weighted by Crippen LogP contribution is 2.28. The first kappa shape index (κ1) is 15.8. The molecule has 0 saturated heterocycles. The molecule has 0 aliphatic heterocycles. The maximum atomic E-state index is 12.7. The predicted molar refractivity (Wildman–Crippen MR) is 96.4 cm³/mol. The van der Waals surface area contributed by atoms with E-state index in [4.69, 9.17) is 0 Å². The Balaban J connectivity index is 2.51. The standard InChI is InChI=1S/C17H18BrN3O2/c1-11-5-4-6-12(9-11)15-14-13(10-21(15)8-7-18)19(2)17(23)20(3)16(14)22/h4-6,9-10H,7-8H2,1-3H3. The summed E-state index contributed by atoms with van der Waals surface area (Å²) in [7, 11) is 3.22. The van der Waals surface area contributed by atoms with Gasteiger partial charge in [0.15, 0.2) is 0 Å². The fourth-order valence-corrected chi connectivity index (χ4v) is 3.34. The van der Waals surface area contributed by atoms with Gasteiger partial charge in [-0.25, -0.2) is 4.79 Å². The zero-order valence-electron chi connectivity index (χ0n) is 13.3. The van der Waals surface area contributed by atoms with Gasteiger partial charge in [0.05, 0.1) is 16.6 Å². The smallest absolute Gasteiger partial charge is 0.330 e. The van der Waals surface area contributed by atoms with Gasteiger partial charge in [0.1, 0.15) is 0 Å². The molecule has 2 heterocycles. The van der Waals surface area contributed by atoms with Crippen LogP contribution in [0.1, 0.15) is 5.56 Å². The molecule has 0 amide bonds. The normalized spacial score (nSPS) is 11.3. The Morgan fingerprint density at radius 1 is 1.13 bits per heavy atom. The van der Waals surface area contributed by atoms with E-state index in [9.17, 15) is 9.59 Å². The van der Waals surface area contributed by atoms with E-state index >= 15 is 0 Å². The molecule has 0 aliphatic carbocycles. The summed E-state index contributed by atoms with van der Waals surface area (Å²) in [5, 5.41) is 1.35. The first-order chi connectivity index (χ1) is 11.0. The molecule has 3 rings (SSSR count). The van der Waals surface area contributed by atoms with Crippen molar-refractivity contribution >= 4 is 26.8 Å². The Morgan fingerprint density at radius 3 is 2.52 bits per heavy atom. The molecule has 0 fully saturated rings. The van der Waals surface area contributed by atoms with Crippen molar-refractivity contribution in [3.8, 4) is 11.3 Å². The van der Waals surface area contributed by atoms with Gasteiger partial charge < -0.3 is 4.57 Å². The van der Waals surface area contributed by atoms with E-state index in [1.807, 2.05) is 35.9 Å². The van der Waals surface area contributed by atoms with Gasteiger partial charge in [0.25, 0.3) is 5.56 Å². The summed E-state index contributed by atoms with van der Waals surface area (Å²) in [5.74, 6) is 0. The van der Waals surface area contributed by atoms with Crippen LogP contribution in [0.4, 0.5) is 0 Å². The molecule has 0 atom stereocenters. The number of aryl methyl sites for hydroxylation is 3. The van der Waals surface area contributed by atoms with Crippen molar-refractivity contribution < 1.29 is 0 Å². The summed E-state index contributed by atoms with van der Waals surface area (Å²) in [6, 6.07) is 8.06. The van der Waals surface area contributed by atoms with E-state index in [2.05, 4.69) is 22.0 Å². The molecule has 0 N–H and O–H groups in total. The quantitative estimate of drug-likeness (QED) is 0.660. The highest BCUT2D eigenvalue weighted by molar-refractivity contribution is 9.09. The van der Waals surface area contributed by atoms with Crippen LogP contribution < -0.4 is 11.2 Å². The summed E-state index contributed by atoms with van der Waals surface area (Å²) < 4.78 is 4.73. The Labute approximate surface area is 141 Å². The molecule has 0 unspecified atom stereocenters. The van der Waals surface area contributed by atoms with Crippen molar-refractivity contribution in [1.82, 2.24) is 13.7 Å². The molecular formula is C17H18BrN3O2. The fourth-order valence-electron chi connectivity index (χ4n) is 2.96. The molecule has 0 spiro atoms. The molecule has 3 aromatic rings. The highest BCUT2D eigenvalue weighted by atomic mass is 79.9. The molecule has 23 heavy (non-hydrogen) atoms. The third-order valence-corrected chi connectivity index (χ3v) is 4.48. The lowest BCUT2D eigenvalue weighted by Gasteiger charge is -2.09. The van der Waals surface area contributed by atoms with Gasteiger partial charge in [-0.15, -0.1) is 0 Å². The Kier molecular flexibility index (Phi) is 4.02. The van der Waals surface area contributed by atoms with Gasteiger partial charge in [0.2, 0.25) is 0 Å². The second-order valence-electron chi connectivity index (χ2n) is 5.70. The first-order valence-corrected chi connectivity index (χ1v) is 8.49. The van der Waals surface area contributed by atoms with Crippen LogP contribution in [0.25, 0.3) is 22.2 Å². The molecule has 2 aromatic heterocycles. The van der Waals surface area contributed by atoms with Crippen LogP contribution in [0.3, 0.4) is 0 Å². The summed E-state index contributed by atoms with van der Waals surface area (Å²) in [5.41, 5.74) is 3.07. The van der Waals surface area contributed by atoms with Crippen LogP contribution in [-0.2, 0) is 20.6 Å². The number of hydrogen-bond donors (Lipinski definition) is 0. The van der Waals surface area contributed by atoms with Gasteiger partial charge in [0, 0.05) is 32.2 Å². The van der Waals surface area contributed by atoms with Gasteiger partial charge in [-0.3, -0.25) is 13.9 Å². The van der Waals surface area contributed by atoms with E-state index in [1.54, 1.807) is 7.05 Å². The number of nitrogens with zero attached hydrogens (tertiary/aromatic N) is 3. The summed E-state index contributed by atoms with van der Waals surface area (Å²) >= 11 is 3.46. The Hall–Kier alpha value is -2.08. The molecule has 1 aromatic carbocycles. The predicted octanol–water partition coefficient (Wildman–Crippen LogP) is 2.41. The molecule has 0 bridgehead atoms. The number of fused-ring (bicyclic) bond motifs is 1. The second-order valence-corrected chi connectivity index (χ2v) is 6.49. The van der Waals surface area contributed by atoms with Crippen LogP contribution in [0.15, 0.2) is 40.1 Å². The topological polar surface area (TPSA) is 48.9 Å². The van der Waals surface area contributed by atoms with E-state index in [0.717, 1.165) is 28.7 Å². The van der Waals surface area contributed by atoms with Crippen molar-refractivity contribution in [2.24, 2.45) is 14.1 Å². The number of rotatable bonds is 3. The minimum absolute atomic E-state index is 0.257. The minimum Gasteiger partial charge on any atom is -0.344 e. The van der Waals surface area contributed by atoms with Gasteiger partial charge in [-0.1, -0.05) is 39.7 Å². The van der Waals surface area contributed by atoms with Crippen LogP contribution in [0.5, 0.6) is 0 Å². The molecule has 5 nitrogen and oxygen atoms in total. The number of benzene rings is 1. The van der Waals surface area contributed by atoms with Crippen LogP contribution in [-0.4, -0.2) is 19.0 Å². The lowest BCUT2D eigenvalue weighted by Crippen LogP contribution is -2.36. The van der Waals surface area contributed by atoms with Crippen LogP contribution in [0.2, 0.25) is 0 Å². The molecule has 0 aliphatic rings. The highest BCUT2D eigenvalue weighted by Gasteiger charge is 2.18. The second kappa shape index (κ2) is 5.85. The van der Waals surface area contributed by atoms with Gasteiger partial charge >= 0.3 is 5.69 Å². The van der Waals surface area contributed by atoms with Crippen molar-refractivity contribution in [2.45, 2.75) is 13.5 Å². The maximum absolute atomic E-state index is 12.7. The van der Waals surface area contributed by atoms with Crippen molar-refractivity contribution in [2.75, 3.05) is 5.33 Å². The molecule has 0 saturated carbocycles. The lowest BCUT2D eigenvalue weighted by atomic mass is 10.1. The molecular weight excluding hydrogens is 358 g/mol. The average molecular weight is 376 g/mol. The first-order valence-electron chi connectivity index (χ1n) is 7.37. The third-order valence-electron chi connectivity index (χ3n) is 4.13. The van der Waals surface area contributed by atoms with Crippen LogP contribution in [0, 0.1) is 6.92 Å². The molecule has 120 valence electrons. The molecule has 0 radical (unpaired) electrons. The third kappa shape index (κ3) is 2.47.